The average Bonchev–Trinajstić information content (AvgIpc) is 2.88. The van der Waals surface area contributed by atoms with E-state index in [1.54, 1.807) is 6.20 Å². The number of hydrogen-bond acceptors (Lipinski definition) is 4. The summed E-state index contributed by atoms with van der Waals surface area (Å²) in [6.45, 7) is 2.77. The molecule has 0 atom stereocenters. The van der Waals surface area contributed by atoms with Gasteiger partial charge < -0.3 is 0 Å². The van der Waals surface area contributed by atoms with E-state index in [2.05, 4.69) is 20.5 Å². The summed E-state index contributed by atoms with van der Waals surface area (Å²) in [5, 5.41) is 17.2. The van der Waals surface area contributed by atoms with Crippen molar-refractivity contribution in [3.63, 3.8) is 0 Å². The SMILES string of the molecule is CCn1nncc1-c1n[nH]c(=S)c2ccccc12. The zero-order chi connectivity index (χ0) is 12.5. The monoisotopic (exact) mass is 257 g/mol. The van der Waals surface area contributed by atoms with Gasteiger partial charge in [0.05, 0.1) is 6.20 Å². The third kappa shape index (κ3) is 1.62. The van der Waals surface area contributed by atoms with E-state index in [-0.39, 0.29) is 0 Å². The standard InChI is InChI=1S/C12H11N5S/c1-2-17-10(7-13-16-17)11-8-5-3-4-6-9(8)12(18)15-14-11/h3-7H,2H2,1H3,(H,15,18). The molecule has 18 heavy (non-hydrogen) atoms. The number of rotatable bonds is 2. The highest BCUT2D eigenvalue weighted by atomic mass is 32.1. The molecule has 0 saturated carbocycles. The van der Waals surface area contributed by atoms with E-state index in [9.17, 15) is 0 Å². The normalized spacial score (nSPS) is 10.9. The molecule has 0 aliphatic carbocycles. The van der Waals surface area contributed by atoms with Gasteiger partial charge in [-0.1, -0.05) is 41.7 Å². The number of aryl methyl sites for hydroxylation is 1. The van der Waals surface area contributed by atoms with Crippen molar-refractivity contribution in [2.75, 3.05) is 0 Å². The lowest BCUT2D eigenvalue weighted by Crippen LogP contribution is -2.01. The smallest absolute Gasteiger partial charge is 0.127 e. The minimum Gasteiger partial charge on any atom is -0.267 e. The van der Waals surface area contributed by atoms with Gasteiger partial charge in [0.2, 0.25) is 0 Å². The number of aromatic amines is 1. The van der Waals surface area contributed by atoms with Crippen LogP contribution in [0.1, 0.15) is 6.92 Å². The number of fused-ring (bicyclic) bond motifs is 1. The van der Waals surface area contributed by atoms with Gasteiger partial charge >= 0.3 is 0 Å². The van der Waals surface area contributed by atoms with E-state index in [0.717, 1.165) is 28.7 Å². The van der Waals surface area contributed by atoms with Crippen LogP contribution in [0.3, 0.4) is 0 Å². The van der Waals surface area contributed by atoms with Crippen LogP contribution >= 0.6 is 12.2 Å². The Labute approximate surface area is 108 Å². The van der Waals surface area contributed by atoms with Crippen LogP contribution in [0.15, 0.2) is 30.5 Å². The van der Waals surface area contributed by atoms with Crippen molar-refractivity contribution in [3.8, 4) is 11.4 Å². The molecule has 3 rings (SSSR count). The first-order valence-electron chi connectivity index (χ1n) is 5.67. The van der Waals surface area contributed by atoms with E-state index in [0.29, 0.717) is 4.64 Å². The lowest BCUT2D eigenvalue weighted by molar-refractivity contribution is 0.631. The summed E-state index contributed by atoms with van der Waals surface area (Å²) in [5.41, 5.74) is 1.71. The summed E-state index contributed by atoms with van der Waals surface area (Å²) in [6.07, 6.45) is 1.72. The Morgan fingerprint density at radius 3 is 2.83 bits per heavy atom. The van der Waals surface area contributed by atoms with Crippen LogP contribution in [0.25, 0.3) is 22.2 Å². The maximum absolute atomic E-state index is 5.25. The van der Waals surface area contributed by atoms with Gasteiger partial charge in [0, 0.05) is 17.3 Å². The minimum atomic E-state index is 0.643. The summed E-state index contributed by atoms with van der Waals surface area (Å²) in [4.78, 5) is 0. The maximum atomic E-state index is 5.25. The molecular weight excluding hydrogens is 246 g/mol. The van der Waals surface area contributed by atoms with Gasteiger partial charge in [0.25, 0.3) is 0 Å². The zero-order valence-corrected chi connectivity index (χ0v) is 10.6. The van der Waals surface area contributed by atoms with Crippen molar-refractivity contribution in [3.05, 3.63) is 35.1 Å². The second-order valence-electron chi connectivity index (χ2n) is 3.88. The van der Waals surface area contributed by atoms with Gasteiger partial charge in [-0.2, -0.15) is 5.10 Å². The summed E-state index contributed by atoms with van der Waals surface area (Å²) in [6, 6.07) is 7.93. The fraction of sp³-hybridized carbons (Fsp3) is 0.167. The quantitative estimate of drug-likeness (QED) is 0.717. The number of benzene rings is 1. The Balaban J connectivity index is 2.37. The van der Waals surface area contributed by atoms with Crippen molar-refractivity contribution < 1.29 is 0 Å². The van der Waals surface area contributed by atoms with E-state index in [1.807, 2.05) is 35.9 Å². The fourth-order valence-corrected chi connectivity index (χ4v) is 2.21. The molecule has 2 heterocycles. The van der Waals surface area contributed by atoms with Gasteiger partial charge in [-0.25, -0.2) is 4.68 Å². The Hall–Kier alpha value is -2.08. The molecule has 0 unspecified atom stereocenters. The van der Waals surface area contributed by atoms with E-state index in [4.69, 9.17) is 12.2 Å². The Morgan fingerprint density at radius 2 is 2.06 bits per heavy atom. The summed E-state index contributed by atoms with van der Waals surface area (Å²) >= 11 is 5.25. The maximum Gasteiger partial charge on any atom is 0.127 e. The first-order valence-corrected chi connectivity index (χ1v) is 6.08. The number of hydrogen-bond donors (Lipinski definition) is 1. The van der Waals surface area contributed by atoms with Crippen LogP contribution in [0.2, 0.25) is 0 Å². The molecule has 6 heteroatoms. The number of aromatic nitrogens is 5. The highest BCUT2D eigenvalue weighted by Gasteiger charge is 2.11. The van der Waals surface area contributed by atoms with Crippen LogP contribution in [0.4, 0.5) is 0 Å². The van der Waals surface area contributed by atoms with Gasteiger partial charge in [-0.05, 0) is 6.92 Å². The molecule has 1 N–H and O–H groups in total. The van der Waals surface area contributed by atoms with Crippen LogP contribution in [-0.2, 0) is 6.54 Å². The van der Waals surface area contributed by atoms with Crippen LogP contribution in [0, 0.1) is 4.64 Å². The highest BCUT2D eigenvalue weighted by molar-refractivity contribution is 7.71. The predicted molar refractivity (Wildman–Crippen MR) is 71.6 cm³/mol. The molecule has 0 aliphatic heterocycles. The average molecular weight is 257 g/mol. The van der Waals surface area contributed by atoms with Crippen LogP contribution in [-0.4, -0.2) is 25.2 Å². The van der Waals surface area contributed by atoms with Gasteiger partial charge in [0.1, 0.15) is 16.0 Å². The first kappa shape index (κ1) is 11.0. The molecule has 0 radical (unpaired) electrons. The molecule has 90 valence electrons. The molecule has 2 aromatic heterocycles. The Bertz CT molecular complexity index is 758. The second kappa shape index (κ2) is 4.30. The number of H-pyrrole nitrogens is 1. The largest absolute Gasteiger partial charge is 0.267 e. The highest BCUT2D eigenvalue weighted by Crippen LogP contribution is 2.25. The molecule has 0 spiro atoms. The van der Waals surface area contributed by atoms with Gasteiger partial charge in [0.15, 0.2) is 0 Å². The predicted octanol–water partition coefficient (Wildman–Crippen LogP) is 2.57. The molecule has 0 fully saturated rings. The second-order valence-corrected chi connectivity index (χ2v) is 4.29. The lowest BCUT2D eigenvalue weighted by Gasteiger charge is -2.06. The van der Waals surface area contributed by atoms with E-state index in [1.165, 1.54) is 0 Å². The van der Waals surface area contributed by atoms with Crippen molar-refractivity contribution in [2.45, 2.75) is 13.5 Å². The van der Waals surface area contributed by atoms with E-state index < -0.39 is 0 Å². The molecule has 0 aliphatic rings. The Kier molecular flexibility index (Phi) is 2.64. The van der Waals surface area contributed by atoms with Crippen molar-refractivity contribution >= 4 is 23.0 Å². The van der Waals surface area contributed by atoms with Crippen LogP contribution in [0.5, 0.6) is 0 Å². The third-order valence-corrected chi connectivity index (χ3v) is 3.17. The molecule has 1 aromatic carbocycles. The molecular formula is C12H11N5S. The third-order valence-electron chi connectivity index (χ3n) is 2.86. The topological polar surface area (TPSA) is 59.4 Å². The lowest BCUT2D eigenvalue weighted by atomic mass is 10.1. The summed E-state index contributed by atoms with van der Waals surface area (Å²) in [7, 11) is 0. The fourth-order valence-electron chi connectivity index (χ4n) is 1.98. The van der Waals surface area contributed by atoms with Gasteiger partial charge in [-0.15, -0.1) is 5.10 Å². The molecule has 3 aromatic rings. The summed E-state index contributed by atoms with van der Waals surface area (Å²) < 4.78 is 2.45. The Morgan fingerprint density at radius 1 is 1.28 bits per heavy atom. The number of nitrogens with zero attached hydrogens (tertiary/aromatic N) is 4. The molecule has 0 saturated heterocycles. The molecule has 0 amide bonds. The van der Waals surface area contributed by atoms with Crippen molar-refractivity contribution in [1.29, 1.82) is 0 Å². The van der Waals surface area contributed by atoms with Gasteiger partial charge in [-0.3, -0.25) is 5.10 Å². The van der Waals surface area contributed by atoms with E-state index >= 15 is 0 Å². The zero-order valence-electron chi connectivity index (χ0n) is 9.79. The van der Waals surface area contributed by atoms with Crippen molar-refractivity contribution in [2.24, 2.45) is 0 Å². The van der Waals surface area contributed by atoms with Crippen LogP contribution < -0.4 is 0 Å². The minimum absolute atomic E-state index is 0.643. The number of nitrogens with one attached hydrogen (secondary N) is 1. The van der Waals surface area contributed by atoms with Crippen molar-refractivity contribution in [1.82, 2.24) is 25.2 Å². The molecule has 5 nitrogen and oxygen atoms in total. The first-order chi connectivity index (χ1) is 8.81. The summed E-state index contributed by atoms with van der Waals surface area (Å²) in [5.74, 6) is 0. The molecule has 0 bridgehead atoms.